The molecule has 0 amide bonds. The Morgan fingerprint density at radius 1 is 0.789 bits per heavy atom. The summed E-state index contributed by atoms with van der Waals surface area (Å²) in [4.78, 5) is 0. The molecule has 0 rings (SSSR count). The molecule has 0 N–H and O–H groups in total. The molecule has 0 unspecified atom stereocenters. The molecule has 0 saturated carbocycles. The summed E-state index contributed by atoms with van der Waals surface area (Å²) in [7, 11) is 3.42. The molecule has 0 aliphatic rings. The zero-order valence-electron chi connectivity index (χ0n) is 13.6. The zero-order valence-corrected chi connectivity index (χ0v) is 16.5. The Morgan fingerprint density at radius 2 is 1.16 bits per heavy atom. The van der Waals surface area contributed by atoms with Crippen LogP contribution in [0.3, 0.4) is 0 Å². The van der Waals surface area contributed by atoms with Crippen molar-refractivity contribution in [2.75, 3.05) is 34.2 Å². The van der Waals surface area contributed by atoms with E-state index in [4.69, 9.17) is 17.7 Å². The van der Waals surface area contributed by atoms with E-state index in [1.54, 1.807) is 28.4 Å². The minimum absolute atomic E-state index is 0.912. The summed E-state index contributed by atoms with van der Waals surface area (Å²) in [5.74, 6) is 0.912. The number of hydrogen-bond donors (Lipinski definition) is 1. The Balaban J connectivity index is 0. The second-order valence-electron chi connectivity index (χ2n) is 4.66. The molecule has 0 saturated heterocycles. The largest absolute Gasteiger partial charge is 0.398 e. The Morgan fingerprint density at radius 3 is 1.37 bits per heavy atom. The highest BCUT2D eigenvalue weighted by Crippen LogP contribution is 2.13. The van der Waals surface area contributed by atoms with Crippen LogP contribution in [0, 0.1) is 0 Å². The molecule has 4 nitrogen and oxygen atoms in total. The van der Waals surface area contributed by atoms with Crippen molar-refractivity contribution in [3.05, 3.63) is 0 Å². The third kappa shape index (κ3) is 11.0. The van der Waals surface area contributed by atoms with Gasteiger partial charge in [-0.3, -0.25) is 0 Å². The smallest absolute Gasteiger partial charge is 0.334 e. The van der Waals surface area contributed by atoms with Crippen LogP contribution in [0.5, 0.6) is 0 Å². The average Bonchev–Trinajstić information content (AvgIpc) is 2.45. The van der Waals surface area contributed by atoms with Crippen LogP contribution >= 0.6 is 12.6 Å². The van der Waals surface area contributed by atoms with Crippen LogP contribution in [0.15, 0.2) is 0 Å². The minimum Gasteiger partial charge on any atom is -0.398 e. The maximum atomic E-state index is 5.27. The minimum atomic E-state index is -1.77. The van der Waals surface area contributed by atoms with Crippen molar-refractivity contribution in [2.24, 2.45) is 0 Å². The second-order valence-corrected chi connectivity index (χ2v) is 12.3. The van der Waals surface area contributed by atoms with Crippen LogP contribution in [0.2, 0.25) is 25.2 Å². The molecule has 0 fully saturated rings. The van der Waals surface area contributed by atoms with Gasteiger partial charge < -0.3 is 17.7 Å². The first-order valence-electron chi connectivity index (χ1n) is 6.68. The van der Waals surface area contributed by atoms with E-state index in [0.717, 1.165) is 30.7 Å². The van der Waals surface area contributed by atoms with Crippen LogP contribution < -0.4 is 0 Å². The predicted molar refractivity (Wildman–Crippen MR) is 89.6 cm³/mol. The molecule has 118 valence electrons. The van der Waals surface area contributed by atoms with Crippen molar-refractivity contribution in [1.82, 2.24) is 0 Å². The number of rotatable bonds is 9. The summed E-state index contributed by atoms with van der Waals surface area (Å²) >= 11 is 4.12. The summed E-state index contributed by atoms with van der Waals surface area (Å²) in [6.45, 7) is 6.29. The van der Waals surface area contributed by atoms with Gasteiger partial charge in [0.2, 0.25) is 0 Å². The first kappa shape index (κ1) is 21.9. The molecule has 0 aliphatic carbocycles. The zero-order chi connectivity index (χ0) is 15.4. The predicted octanol–water partition coefficient (Wildman–Crippen LogP) is 3.43. The molecule has 0 bridgehead atoms. The van der Waals surface area contributed by atoms with Crippen molar-refractivity contribution in [3.63, 3.8) is 0 Å². The fraction of sp³-hybridized carbons (Fsp3) is 1.00. The van der Waals surface area contributed by atoms with E-state index in [1.165, 1.54) is 0 Å². The molecule has 19 heavy (non-hydrogen) atoms. The van der Waals surface area contributed by atoms with E-state index in [0.29, 0.717) is 0 Å². The van der Waals surface area contributed by atoms with Crippen molar-refractivity contribution in [2.45, 2.75) is 44.9 Å². The van der Waals surface area contributed by atoms with Crippen LogP contribution in [0.1, 0.15) is 19.8 Å². The summed E-state index contributed by atoms with van der Waals surface area (Å²) in [5.41, 5.74) is 0. The lowest BCUT2D eigenvalue weighted by molar-refractivity contribution is 0.249. The normalized spacial score (nSPS) is 12.0. The molecular weight excluding hydrogens is 296 g/mol. The van der Waals surface area contributed by atoms with Crippen molar-refractivity contribution in [3.8, 4) is 0 Å². The molecule has 0 spiro atoms. The van der Waals surface area contributed by atoms with Gasteiger partial charge in [-0.15, -0.1) is 0 Å². The van der Waals surface area contributed by atoms with Gasteiger partial charge in [0, 0.05) is 28.4 Å². The second kappa shape index (κ2) is 12.4. The quantitative estimate of drug-likeness (QED) is 0.520. The van der Waals surface area contributed by atoms with Crippen LogP contribution in [0.4, 0.5) is 0 Å². The van der Waals surface area contributed by atoms with Gasteiger partial charge in [-0.05, 0) is 37.4 Å². The summed E-state index contributed by atoms with van der Waals surface area (Å²) in [5, 5.41) is 0. The van der Waals surface area contributed by atoms with Gasteiger partial charge in [0.05, 0.1) is 0 Å². The fourth-order valence-corrected chi connectivity index (χ4v) is 4.76. The third-order valence-electron chi connectivity index (χ3n) is 3.22. The summed E-state index contributed by atoms with van der Waals surface area (Å²) in [6.07, 6.45) is 2.22. The van der Waals surface area contributed by atoms with Gasteiger partial charge in [-0.2, -0.15) is 12.6 Å². The summed E-state index contributed by atoms with van der Waals surface area (Å²) in [6, 6.07) is 2.11. The van der Waals surface area contributed by atoms with E-state index in [1.807, 2.05) is 0 Å². The highest BCUT2D eigenvalue weighted by atomic mass is 32.1. The third-order valence-corrected chi connectivity index (χ3v) is 9.66. The van der Waals surface area contributed by atoms with Crippen LogP contribution in [0.25, 0.3) is 0 Å². The van der Waals surface area contributed by atoms with Gasteiger partial charge in [-0.1, -0.05) is 13.3 Å². The van der Waals surface area contributed by atoms with Gasteiger partial charge in [0.1, 0.15) is 0 Å². The van der Waals surface area contributed by atoms with Gasteiger partial charge >= 0.3 is 17.1 Å². The molecule has 0 aliphatic heterocycles. The van der Waals surface area contributed by atoms with Gasteiger partial charge in [-0.25, -0.2) is 0 Å². The average molecular weight is 329 g/mol. The fourth-order valence-electron chi connectivity index (χ4n) is 1.43. The Kier molecular flexibility index (Phi) is 14.3. The van der Waals surface area contributed by atoms with E-state index in [-0.39, 0.29) is 0 Å². The highest BCUT2D eigenvalue weighted by molar-refractivity contribution is 7.80. The van der Waals surface area contributed by atoms with Gasteiger partial charge in [0.15, 0.2) is 0 Å². The molecule has 0 heterocycles. The molecule has 0 aromatic carbocycles. The lowest BCUT2D eigenvalue weighted by atomic mass is 10.6. The topological polar surface area (TPSA) is 36.9 Å². The van der Waals surface area contributed by atoms with E-state index in [2.05, 4.69) is 32.6 Å². The standard InChI is InChI=1S/C6H16O2SSi.C6H16O2Si/c1-7-10(3,8-2)6-4-5-9;1-5-6-9(4,7-2)8-3/h9H,4-6H2,1-3H3;5-6H2,1-4H3. The molecule has 0 radical (unpaired) electrons. The van der Waals surface area contributed by atoms with Gasteiger partial charge in [0.25, 0.3) is 0 Å². The van der Waals surface area contributed by atoms with E-state index >= 15 is 0 Å². The Bertz CT molecular complexity index is 200. The first-order valence-corrected chi connectivity index (χ1v) is 12.4. The molecule has 7 heteroatoms. The van der Waals surface area contributed by atoms with Crippen molar-refractivity contribution >= 4 is 29.8 Å². The maximum Gasteiger partial charge on any atom is 0.334 e. The molecule has 0 aromatic heterocycles. The van der Waals surface area contributed by atoms with Crippen LogP contribution in [-0.4, -0.2) is 51.3 Å². The molecule has 0 aromatic rings. The maximum absolute atomic E-state index is 5.27. The Hall–Kier alpha value is 0.624. The molecule has 0 atom stereocenters. The lowest BCUT2D eigenvalue weighted by Crippen LogP contribution is -2.35. The van der Waals surface area contributed by atoms with Crippen molar-refractivity contribution in [1.29, 1.82) is 0 Å². The van der Waals surface area contributed by atoms with E-state index < -0.39 is 17.1 Å². The Labute approximate surface area is 127 Å². The summed E-state index contributed by atoms with van der Waals surface area (Å²) < 4.78 is 21.0. The number of hydrogen-bond acceptors (Lipinski definition) is 5. The monoisotopic (exact) mass is 328 g/mol. The van der Waals surface area contributed by atoms with E-state index in [9.17, 15) is 0 Å². The first-order chi connectivity index (χ1) is 8.86. The SMILES string of the molecule is CCC[Si](C)(OC)OC.CO[Si](C)(CCCS)OC. The molecular formula is C12H32O4SSi2. The lowest BCUT2D eigenvalue weighted by Gasteiger charge is -2.21. The van der Waals surface area contributed by atoms with Crippen molar-refractivity contribution < 1.29 is 17.7 Å². The highest BCUT2D eigenvalue weighted by Gasteiger charge is 2.27. The van der Waals surface area contributed by atoms with Crippen LogP contribution in [-0.2, 0) is 17.7 Å². The number of thiol groups is 1.